The van der Waals surface area contributed by atoms with Crippen LogP contribution in [0.2, 0.25) is 0 Å². The van der Waals surface area contributed by atoms with Crippen LogP contribution >= 0.6 is 0 Å². The first kappa shape index (κ1) is 15.8. The molecule has 0 aromatic carbocycles. The van der Waals surface area contributed by atoms with E-state index in [1.807, 2.05) is 20.8 Å². The highest BCUT2D eigenvalue weighted by molar-refractivity contribution is 5.83. The molecule has 1 heterocycles. The Balaban J connectivity index is 2.58. The van der Waals surface area contributed by atoms with Gasteiger partial charge in [-0.25, -0.2) is 9.59 Å². The normalized spacial score (nSPS) is 20.6. The lowest BCUT2D eigenvalue weighted by Gasteiger charge is -2.27. The van der Waals surface area contributed by atoms with Crippen LogP contribution in [-0.4, -0.2) is 53.8 Å². The van der Waals surface area contributed by atoms with E-state index in [-0.39, 0.29) is 18.0 Å². The smallest absolute Gasteiger partial charge is 0.326 e. The number of carbonyl (C=O) groups excluding carboxylic acids is 1. The number of rotatable bonds is 6. The first-order valence-corrected chi connectivity index (χ1v) is 6.85. The number of likely N-dealkylation sites (tertiary alicyclic amines) is 1. The van der Waals surface area contributed by atoms with Crippen LogP contribution < -0.4 is 5.32 Å². The maximum Gasteiger partial charge on any atom is 0.326 e. The van der Waals surface area contributed by atoms with Crippen LogP contribution in [0.5, 0.6) is 0 Å². The molecule has 0 saturated carbocycles. The minimum atomic E-state index is -0.932. The zero-order valence-electron chi connectivity index (χ0n) is 11.9. The lowest BCUT2D eigenvalue weighted by molar-refractivity contribution is -0.141. The number of carboxylic acid groups (broad SMARTS) is 1. The van der Waals surface area contributed by atoms with Crippen LogP contribution in [0.15, 0.2) is 0 Å². The fraction of sp³-hybridized carbons (Fsp3) is 0.846. The van der Waals surface area contributed by atoms with Gasteiger partial charge in [-0.2, -0.15) is 0 Å². The summed E-state index contributed by atoms with van der Waals surface area (Å²) in [5, 5.41) is 11.9. The van der Waals surface area contributed by atoms with E-state index < -0.39 is 12.0 Å². The SMILES string of the molecule is CCOCC(NC(=O)N1CCCC1C(=O)O)C(C)C. The van der Waals surface area contributed by atoms with Gasteiger partial charge in [0.15, 0.2) is 0 Å². The molecule has 2 unspecified atom stereocenters. The number of ether oxygens (including phenoxy) is 1. The number of urea groups is 1. The number of hydrogen-bond acceptors (Lipinski definition) is 3. The van der Waals surface area contributed by atoms with Crippen LogP contribution in [0.3, 0.4) is 0 Å². The minimum absolute atomic E-state index is 0.0949. The van der Waals surface area contributed by atoms with E-state index in [0.717, 1.165) is 6.42 Å². The van der Waals surface area contributed by atoms with E-state index in [0.29, 0.717) is 26.2 Å². The van der Waals surface area contributed by atoms with Crippen molar-refractivity contribution in [2.24, 2.45) is 5.92 Å². The van der Waals surface area contributed by atoms with Gasteiger partial charge >= 0.3 is 12.0 Å². The van der Waals surface area contributed by atoms with E-state index in [2.05, 4.69) is 5.32 Å². The number of nitrogens with zero attached hydrogens (tertiary/aromatic N) is 1. The van der Waals surface area contributed by atoms with Crippen molar-refractivity contribution in [3.63, 3.8) is 0 Å². The summed E-state index contributed by atoms with van der Waals surface area (Å²) in [5.74, 6) is -0.695. The number of hydrogen-bond donors (Lipinski definition) is 2. The second-order valence-corrected chi connectivity index (χ2v) is 5.15. The first-order chi connectivity index (χ1) is 8.97. The van der Waals surface area contributed by atoms with Gasteiger partial charge in [-0.1, -0.05) is 13.8 Å². The predicted octanol–water partition coefficient (Wildman–Crippen LogP) is 1.31. The fourth-order valence-corrected chi connectivity index (χ4v) is 2.15. The van der Waals surface area contributed by atoms with Gasteiger partial charge in [0.2, 0.25) is 0 Å². The number of carbonyl (C=O) groups is 2. The largest absolute Gasteiger partial charge is 0.480 e. The van der Waals surface area contributed by atoms with Gasteiger partial charge in [-0.3, -0.25) is 0 Å². The van der Waals surface area contributed by atoms with E-state index in [9.17, 15) is 9.59 Å². The number of aliphatic carboxylic acids is 1. The molecule has 0 aliphatic carbocycles. The fourth-order valence-electron chi connectivity index (χ4n) is 2.15. The number of carboxylic acids is 1. The van der Waals surface area contributed by atoms with Crippen LogP contribution in [-0.2, 0) is 9.53 Å². The third-order valence-corrected chi connectivity index (χ3v) is 3.41. The van der Waals surface area contributed by atoms with E-state index in [1.165, 1.54) is 4.90 Å². The van der Waals surface area contributed by atoms with Gasteiger partial charge in [0.1, 0.15) is 6.04 Å². The molecule has 0 aromatic rings. The molecule has 1 aliphatic heterocycles. The topological polar surface area (TPSA) is 78.9 Å². The van der Waals surface area contributed by atoms with E-state index in [4.69, 9.17) is 9.84 Å². The van der Waals surface area contributed by atoms with Gasteiger partial charge in [-0.05, 0) is 25.7 Å². The van der Waals surface area contributed by atoms with Crippen LogP contribution in [0.1, 0.15) is 33.6 Å². The van der Waals surface area contributed by atoms with Crippen molar-refractivity contribution < 1.29 is 19.4 Å². The van der Waals surface area contributed by atoms with Crippen LogP contribution in [0.25, 0.3) is 0 Å². The molecule has 2 amide bonds. The number of nitrogens with one attached hydrogen (secondary N) is 1. The van der Waals surface area contributed by atoms with Crippen LogP contribution in [0.4, 0.5) is 4.79 Å². The third kappa shape index (κ3) is 4.38. The zero-order chi connectivity index (χ0) is 14.4. The highest BCUT2D eigenvalue weighted by Gasteiger charge is 2.34. The zero-order valence-corrected chi connectivity index (χ0v) is 11.9. The van der Waals surface area contributed by atoms with Gasteiger partial charge < -0.3 is 20.1 Å². The summed E-state index contributed by atoms with van der Waals surface area (Å²) < 4.78 is 5.35. The van der Waals surface area contributed by atoms with Crippen molar-refractivity contribution in [1.29, 1.82) is 0 Å². The molecular weight excluding hydrogens is 248 g/mol. The van der Waals surface area contributed by atoms with Crippen molar-refractivity contribution in [3.05, 3.63) is 0 Å². The lowest BCUT2D eigenvalue weighted by Crippen LogP contribution is -2.51. The first-order valence-electron chi connectivity index (χ1n) is 6.85. The maximum absolute atomic E-state index is 12.1. The Morgan fingerprint density at radius 1 is 1.47 bits per heavy atom. The average molecular weight is 272 g/mol. The van der Waals surface area contributed by atoms with Crippen molar-refractivity contribution in [3.8, 4) is 0 Å². The quantitative estimate of drug-likeness (QED) is 0.764. The number of amides is 2. The highest BCUT2D eigenvalue weighted by atomic mass is 16.5. The Bertz CT molecular complexity index is 320. The molecular formula is C13H24N2O4. The summed E-state index contributed by atoms with van der Waals surface area (Å²) >= 11 is 0. The highest BCUT2D eigenvalue weighted by Crippen LogP contribution is 2.17. The second-order valence-electron chi connectivity index (χ2n) is 5.15. The maximum atomic E-state index is 12.1. The van der Waals surface area contributed by atoms with E-state index >= 15 is 0 Å². The average Bonchev–Trinajstić information content (AvgIpc) is 2.83. The molecule has 1 saturated heterocycles. The monoisotopic (exact) mass is 272 g/mol. The lowest BCUT2D eigenvalue weighted by atomic mass is 10.1. The Morgan fingerprint density at radius 2 is 2.16 bits per heavy atom. The van der Waals surface area contributed by atoms with Crippen molar-refractivity contribution in [2.75, 3.05) is 19.8 Å². The summed E-state index contributed by atoms with van der Waals surface area (Å²) in [6.07, 6.45) is 1.27. The third-order valence-electron chi connectivity index (χ3n) is 3.41. The Morgan fingerprint density at radius 3 is 2.68 bits per heavy atom. The molecule has 0 bridgehead atoms. The predicted molar refractivity (Wildman–Crippen MR) is 71.0 cm³/mol. The molecule has 0 radical (unpaired) electrons. The minimum Gasteiger partial charge on any atom is -0.480 e. The molecule has 1 fully saturated rings. The summed E-state index contributed by atoms with van der Waals surface area (Å²) in [6, 6.07) is -1.09. The molecule has 19 heavy (non-hydrogen) atoms. The standard InChI is InChI=1S/C13H24N2O4/c1-4-19-8-10(9(2)3)14-13(18)15-7-5-6-11(15)12(16)17/h9-11H,4-8H2,1-3H3,(H,14,18)(H,16,17). The van der Waals surface area contributed by atoms with Crippen molar-refractivity contribution in [2.45, 2.75) is 45.7 Å². The molecule has 110 valence electrons. The molecule has 1 aliphatic rings. The molecule has 6 heteroatoms. The van der Waals surface area contributed by atoms with Crippen LogP contribution in [0, 0.1) is 5.92 Å². The molecule has 1 rings (SSSR count). The van der Waals surface area contributed by atoms with Gasteiger partial charge in [0.05, 0.1) is 12.6 Å². The van der Waals surface area contributed by atoms with Gasteiger partial charge in [0.25, 0.3) is 0 Å². The second kappa shape index (κ2) is 7.33. The molecule has 0 spiro atoms. The Hall–Kier alpha value is -1.30. The van der Waals surface area contributed by atoms with Gasteiger partial charge in [-0.15, -0.1) is 0 Å². The van der Waals surface area contributed by atoms with Crippen molar-refractivity contribution in [1.82, 2.24) is 10.2 Å². The van der Waals surface area contributed by atoms with E-state index in [1.54, 1.807) is 0 Å². The molecule has 2 N–H and O–H groups in total. The summed E-state index contributed by atoms with van der Waals surface area (Å²) in [7, 11) is 0. The van der Waals surface area contributed by atoms with Crippen molar-refractivity contribution >= 4 is 12.0 Å². The summed E-state index contributed by atoms with van der Waals surface area (Å²) in [6.45, 7) is 7.46. The Labute approximate surface area is 114 Å². The Kier molecular flexibility index (Phi) is 6.08. The van der Waals surface area contributed by atoms with Gasteiger partial charge in [0, 0.05) is 13.2 Å². The molecule has 6 nitrogen and oxygen atoms in total. The molecule has 2 atom stereocenters. The summed E-state index contributed by atoms with van der Waals surface area (Å²) in [4.78, 5) is 24.6. The summed E-state index contributed by atoms with van der Waals surface area (Å²) in [5.41, 5.74) is 0. The molecule has 0 aromatic heterocycles.